The molecule has 2 N–H and O–H groups in total. The lowest BCUT2D eigenvalue weighted by atomic mass is 10.2. The number of anilines is 1. The zero-order chi connectivity index (χ0) is 15.1. The molecule has 0 unspecified atom stereocenters. The van der Waals surface area contributed by atoms with Crippen LogP contribution < -0.4 is 15.4 Å². The molecule has 0 aromatic heterocycles. The van der Waals surface area contributed by atoms with Crippen LogP contribution >= 0.6 is 0 Å². The second-order valence-electron chi connectivity index (χ2n) is 5.45. The van der Waals surface area contributed by atoms with Crippen LogP contribution in [-0.4, -0.2) is 24.6 Å². The standard InChI is InChI=1S/C17H24N2O2/c1-3-12-18-17(20)13(2)19-14-8-10-16(11-9-14)21-15-6-4-5-7-15/h3,8-11,13,15,19H,1,4-7,12H2,2H3,(H,18,20)/t13-/m1/s1. The van der Waals surface area contributed by atoms with Gasteiger partial charge in [0.15, 0.2) is 0 Å². The molecule has 1 aliphatic rings. The highest BCUT2D eigenvalue weighted by Crippen LogP contribution is 2.25. The molecule has 1 atom stereocenters. The van der Waals surface area contributed by atoms with Crippen molar-refractivity contribution in [3.63, 3.8) is 0 Å². The molecule has 0 radical (unpaired) electrons. The predicted octanol–water partition coefficient (Wildman–Crippen LogP) is 3.11. The number of benzene rings is 1. The van der Waals surface area contributed by atoms with Crippen molar-refractivity contribution < 1.29 is 9.53 Å². The number of ether oxygens (including phenoxy) is 1. The normalized spacial score (nSPS) is 16.2. The molecule has 0 heterocycles. The summed E-state index contributed by atoms with van der Waals surface area (Å²) < 4.78 is 5.92. The third-order valence-electron chi connectivity index (χ3n) is 3.66. The van der Waals surface area contributed by atoms with Crippen LogP contribution in [-0.2, 0) is 4.79 Å². The fourth-order valence-corrected chi connectivity index (χ4v) is 2.47. The Hall–Kier alpha value is -1.97. The molecule has 4 heteroatoms. The first-order valence-electron chi connectivity index (χ1n) is 7.61. The summed E-state index contributed by atoms with van der Waals surface area (Å²) in [6.45, 7) is 5.90. The maximum atomic E-state index is 11.8. The fraction of sp³-hybridized carbons (Fsp3) is 0.471. The quantitative estimate of drug-likeness (QED) is 0.758. The molecule has 0 aliphatic heterocycles. The number of carbonyl (C=O) groups excluding carboxylic acids is 1. The van der Waals surface area contributed by atoms with Crippen LogP contribution in [0.1, 0.15) is 32.6 Å². The van der Waals surface area contributed by atoms with Crippen molar-refractivity contribution >= 4 is 11.6 Å². The van der Waals surface area contributed by atoms with E-state index in [2.05, 4.69) is 17.2 Å². The zero-order valence-corrected chi connectivity index (χ0v) is 12.6. The third-order valence-corrected chi connectivity index (χ3v) is 3.66. The monoisotopic (exact) mass is 288 g/mol. The number of carbonyl (C=O) groups is 1. The number of nitrogens with one attached hydrogen (secondary N) is 2. The summed E-state index contributed by atoms with van der Waals surface area (Å²) in [5, 5.41) is 5.94. The summed E-state index contributed by atoms with van der Waals surface area (Å²) >= 11 is 0. The Morgan fingerprint density at radius 2 is 2.05 bits per heavy atom. The third kappa shape index (κ3) is 4.81. The van der Waals surface area contributed by atoms with Crippen LogP contribution in [0.2, 0.25) is 0 Å². The number of rotatable bonds is 7. The Labute approximate surface area is 126 Å². The van der Waals surface area contributed by atoms with Crippen LogP contribution in [0, 0.1) is 0 Å². The Balaban J connectivity index is 1.83. The van der Waals surface area contributed by atoms with Crippen molar-refractivity contribution in [1.29, 1.82) is 0 Å². The van der Waals surface area contributed by atoms with Gasteiger partial charge in [-0.25, -0.2) is 0 Å². The van der Waals surface area contributed by atoms with Gasteiger partial charge in [0, 0.05) is 12.2 Å². The van der Waals surface area contributed by atoms with Gasteiger partial charge in [0.25, 0.3) is 0 Å². The van der Waals surface area contributed by atoms with E-state index in [1.807, 2.05) is 31.2 Å². The molecule has 1 amide bonds. The summed E-state index contributed by atoms with van der Waals surface area (Å²) in [7, 11) is 0. The lowest BCUT2D eigenvalue weighted by molar-refractivity contribution is -0.121. The molecule has 114 valence electrons. The lowest BCUT2D eigenvalue weighted by Gasteiger charge is -2.16. The van der Waals surface area contributed by atoms with Gasteiger partial charge in [-0.3, -0.25) is 4.79 Å². The number of hydrogen-bond donors (Lipinski definition) is 2. The van der Waals surface area contributed by atoms with Crippen LogP contribution in [0.15, 0.2) is 36.9 Å². The van der Waals surface area contributed by atoms with E-state index in [4.69, 9.17) is 4.74 Å². The topological polar surface area (TPSA) is 50.4 Å². The highest BCUT2D eigenvalue weighted by molar-refractivity contribution is 5.84. The molecular weight excluding hydrogens is 264 g/mol. The summed E-state index contributed by atoms with van der Waals surface area (Å²) in [5.74, 6) is 0.859. The number of amides is 1. The molecule has 1 saturated carbocycles. The first-order chi connectivity index (χ1) is 10.2. The molecule has 1 aliphatic carbocycles. The van der Waals surface area contributed by atoms with Crippen molar-refractivity contribution in [2.75, 3.05) is 11.9 Å². The van der Waals surface area contributed by atoms with Crippen molar-refractivity contribution in [2.45, 2.75) is 44.8 Å². The van der Waals surface area contributed by atoms with Gasteiger partial charge < -0.3 is 15.4 Å². The van der Waals surface area contributed by atoms with Crippen LogP contribution in [0.5, 0.6) is 5.75 Å². The Morgan fingerprint density at radius 3 is 2.67 bits per heavy atom. The van der Waals surface area contributed by atoms with Gasteiger partial charge in [-0.05, 0) is 56.9 Å². The van der Waals surface area contributed by atoms with E-state index in [1.165, 1.54) is 12.8 Å². The van der Waals surface area contributed by atoms with Gasteiger partial charge in [0.05, 0.1) is 6.10 Å². The minimum absolute atomic E-state index is 0.0406. The Morgan fingerprint density at radius 1 is 1.38 bits per heavy atom. The summed E-state index contributed by atoms with van der Waals surface area (Å²) in [5.41, 5.74) is 0.912. The van der Waals surface area contributed by atoms with Gasteiger partial charge in [0.1, 0.15) is 11.8 Å². The molecule has 4 nitrogen and oxygen atoms in total. The second-order valence-corrected chi connectivity index (χ2v) is 5.45. The smallest absolute Gasteiger partial charge is 0.242 e. The van der Waals surface area contributed by atoms with Crippen LogP contribution in [0.4, 0.5) is 5.69 Å². The molecular formula is C17H24N2O2. The first-order valence-corrected chi connectivity index (χ1v) is 7.61. The molecule has 2 rings (SSSR count). The highest BCUT2D eigenvalue weighted by Gasteiger charge is 2.16. The molecule has 0 bridgehead atoms. The Bertz CT molecular complexity index is 464. The van der Waals surface area contributed by atoms with Crippen molar-refractivity contribution in [1.82, 2.24) is 5.32 Å². The van der Waals surface area contributed by atoms with Gasteiger partial charge in [-0.2, -0.15) is 0 Å². The largest absolute Gasteiger partial charge is 0.490 e. The maximum absolute atomic E-state index is 11.8. The van der Waals surface area contributed by atoms with Gasteiger partial charge in [0.2, 0.25) is 5.91 Å². The molecule has 1 aromatic rings. The molecule has 21 heavy (non-hydrogen) atoms. The van der Waals surface area contributed by atoms with E-state index >= 15 is 0 Å². The van der Waals surface area contributed by atoms with E-state index in [0.717, 1.165) is 24.3 Å². The fourth-order valence-electron chi connectivity index (χ4n) is 2.47. The molecule has 0 spiro atoms. The average molecular weight is 288 g/mol. The highest BCUT2D eigenvalue weighted by atomic mass is 16.5. The van der Waals surface area contributed by atoms with Crippen molar-refractivity contribution in [3.8, 4) is 5.75 Å². The molecule has 1 fully saturated rings. The van der Waals surface area contributed by atoms with E-state index in [1.54, 1.807) is 6.08 Å². The zero-order valence-electron chi connectivity index (χ0n) is 12.6. The van der Waals surface area contributed by atoms with Gasteiger partial charge >= 0.3 is 0 Å². The SMILES string of the molecule is C=CCNC(=O)[C@@H](C)Nc1ccc(OC2CCCC2)cc1. The number of hydrogen-bond acceptors (Lipinski definition) is 3. The molecule has 0 saturated heterocycles. The van der Waals surface area contributed by atoms with E-state index in [9.17, 15) is 4.79 Å². The van der Waals surface area contributed by atoms with Gasteiger partial charge in [-0.1, -0.05) is 6.08 Å². The van der Waals surface area contributed by atoms with Crippen LogP contribution in [0.25, 0.3) is 0 Å². The lowest BCUT2D eigenvalue weighted by Crippen LogP contribution is -2.37. The summed E-state index contributed by atoms with van der Waals surface area (Å²) in [6.07, 6.45) is 6.87. The minimum Gasteiger partial charge on any atom is -0.490 e. The van der Waals surface area contributed by atoms with E-state index in [0.29, 0.717) is 12.6 Å². The predicted molar refractivity (Wildman–Crippen MR) is 85.6 cm³/mol. The van der Waals surface area contributed by atoms with Gasteiger partial charge in [-0.15, -0.1) is 6.58 Å². The second kappa shape index (κ2) is 7.72. The van der Waals surface area contributed by atoms with Crippen molar-refractivity contribution in [3.05, 3.63) is 36.9 Å². The van der Waals surface area contributed by atoms with Crippen molar-refractivity contribution in [2.24, 2.45) is 0 Å². The summed E-state index contributed by atoms with van der Waals surface area (Å²) in [4.78, 5) is 11.8. The maximum Gasteiger partial charge on any atom is 0.242 e. The summed E-state index contributed by atoms with van der Waals surface area (Å²) in [6, 6.07) is 7.51. The van der Waals surface area contributed by atoms with E-state index in [-0.39, 0.29) is 11.9 Å². The van der Waals surface area contributed by atoms with Crippen LogP contribution in [0.3, 0.4) is 0 Å². The Kier molecular flexibility index (Phi) is 5.67. The van der Waals surface area contributed by atoms with E-state index < -0.39 is 0 Å². The minimum atomic E-state index is -0.286. The average Bonchev–Trinajstić information content (AvgIpc) is 2.99. The first kappa shape index (κ1) is 15.4. The molecule has 1 aromatic carbocycles.